The smallest absolute Gasteiger partial charge is 0.479 e. The van der Waals surface area contributed by atoms with Crippen LogP contribution in [0.5, 0.6) is 5.75 Å². The van der Waals surface area contributed by atoms with Crippen LogP contribution in [0.3, 0.4) is 0 Å². The number of rotatable bonds is 6. The first-order valence-electron chi connectivity index (χ1n) is 11.6. The van der Waals surface area contributed by atoms with Crippen molar-refractivity contribution in [1.29, 1.82) is 0 Å². The Kier molecular flexibility index (Phi) is 6.01. The maximum Gasteiger partial charge on any atom is 0.573 e. The molecule has 2 aromatic carbocycles. The Hall–Kier alpha value is -3.76. The highest BCUT2D eigenvalue weighted by Crippen LogP contribution is 2.54. The molecule has 36 heavy (non-hydrogen) atoms. The van der Waals surface area contributed by atoms with Gasteiger partial charge in [-0.15, -0.1) is 13.2 Å². The SMILES string of the molecule is O=C(O)COC(=O)N(C1CC1)[C@H]1c2ccccc2N(C(=O)c2ccc(OC(F)(F)F)cc2)[C@H]2CC[C@H]21. The second-order valence-electron chi connectivity index (χ2n) is 9.15. The molecule has 0 saturated heterocycles. The van der Waals surface area contributed by atoms with E-state index in [2.05, 4.69) is 4.74 Å². The Morgan fingerprint density at radius 2 is 1.69 bits per heavy atom. The zero-order valence-electron chi connectivity index (χ0n) is 19.0. The van der Waals surface area contributed by atoms with Crippen molar-refractivity contribution in [3.05, 3.63) is 59.7 Å². The van der Waals surface area contributed by atoms with Gasteiger partial charge in [0.05, 0.1) is 6.04 Å². The largest absolute Gasteiger partial charge is 0.573 e. The van der Waals surface area contributed by atoms with Crippen LogP contribution in [0.25, 0.3) is 0 Å². The number of carboxylic acids is 1. The predicted octanol–water partition coefficient (Wildman–Crippen LogP) is 4.75. The maximum absolute atomic E-state index is 13.6. The summed E-state index contributed by atoms with van der Waals surface area (Å²) in [6, 6.07) is 11.3. The van der Waals surface area contributed by atoms with E-state index in [1.807, 2.05) is 12.1 Å². The third-order valence-corrected chi connectivity index (χ3v) is 6.87. The molecule has 1 aliphatic heterocycles. The molecule has 0 radical (unpaired) electrons. The zero-order valence-corrected chi connectivity index (χ0v) is 19.0. The number of alkyl halides is 3. The second kappa shape index (κ2) is 9.03. The van der Waals surface area contributed by atoms with Gasteiger partial charge in [0.15, 0.2) is 6.61 Å². The number of hydrogen-bond acceptors (Lipinski definition) is 5. The Morgan fingerprint density at radius 3 is 2.28 bits per heavy atom. The van der Waals surface area contributed by atoms with Crippen LogP contribution in [0.15, 0.2) is 48.5 Å². The Morgan fingerprint density at radius 1 is 1.00 bits per heavy atom. The number of halogens is 3. The molecule has 1 N–H and O–H groups in total. The minimum atomic E-state index is -4.83. The van der Waals surface area contributed by atoms with E-state index in [9.17, 15) is 27.6 Å². The Balaban J connectivity index is 1.46. The molecule has 190 valence electrons. The molecule has 0 bridgehead atoms. The summed E-state index contributed by atoms with van der Waals surface area (Å²) < 4.78 is 46.5. The Bertz CT molecular complexity index is 1180. The van der Waals surface area contributed by atoms with Crippen LogP contribution in [0.4, 0.5) is 23.7 Å². The first kappa shape index (κ1) is 24.0. The number of aliphatic carboxylic acids is 1. The first-order chi connectivity index (χ1) is 17.1. The summed E-state index contributed by atoms with van der Waals surface area (Å²) in [6.07, 6.45) is -2.50. The molecule has 3 atom stereocenters. The first-order valence-corrected chi connectivity index (χ1v) is 11.6. The van der Waals surface area contributed by atoms with Gasteiger partial charge in [0.2, 0.25) is 0 Å². The van der Waals surface area contributed by atoms with Crippen molar-refractivity contribution in [1.82, 2.24) is 4.90 Å². The van der Waals surface area contributed by atoms with Crippen molar-refractivity contribution in [2.75, 3.05) is 11.5 Å². The number of anilines is 1. The molecule has 0 unspecified atom stereocenters. The summed E-state index contributed by atoms with van der Waals surface area (Å²) in [5.41, 5.74) is 1.58. The molecule has 11 heteroatoms. The summed E-state index contributed by atoms with van der Waals surface area (Å²) in [7, 11) is 0. The van der Waals surface area contributed by atoms with E-state index in [1.165, 1.54) is 12.1 Å². The molecule has 5 rings (SSSR count). The predicted molar refractivity (Wildman–Crippen MR) is 119 cm³/mol. The number of hydrogen-bond donors (Lipinski definition) is 1. The number of nitrogens with zero attached hydrogens (tertiary/aromatic N) is 2. The van der Waals surface area contributed by atoms with Gasteiger partial charge in [0.1, 0.15) is 5.75 Å². The van der Waals surface area contributed by atoms with Crippen LogP contribution in [0.1, 0.15) is 47.6 Å². The van der Waals surface area contributed by atoms with E-state index < -0.39 is 30.8 Å². The number of carbonyl (C=O) groups excluding carboxylic acids is 2. The lowest BCUT2D eigenvalue weighted by Crippen LogP contribution is -2.59. The zero-order chi connectivity index (χ0) is 25.6. The molecule has 2 fully saturated rings. The average Bonchev–Trinajstić information content (AvgIpc) is 3.63. The topological polar surface area (TPSA) is 96.4 Å². The minimum absolute atomic E-state index is 0.0611. The summed E-state index contributed by atoms with van der Waals surface area (Å²) in [5, 5.41) is 8.95. The third kappa shape index (κ3) is 4.57. The van der Waals surface area contributed by atoms with Crippen LogP contribution in [0, 0.1) is 5.92 Å². The number of benzene rings is 2. The molecule has 0 spiro atoms. The molecule has 2 amide bonds. The van der Waals surface area contributed by atoms with Gasteiger partial charge in [0.25, 0.3) is 5.91 Å². The van der Waals surface area contributed by atoms with Crippen molar-refractivity contribution >= 4 is 23.7 Å². The number of carbonyl (C=O) groups is 3. The highest BCUT2D eigenvalue weighted by atomic mass is 19.4. The molecule has 2 saturated carbocycles. The highest BCUT2D eigenvalue weighted by Gasteiger charge is 2.54. The van der Waals surface area contributed by atoms with Gasteiger partial charge in [0, 0.05) is 29.3 Å². The Labute approximate surface area is 204 Å². The van der Waals surface area contributed by atoms with E-state index in [0.717, 1.165) is 37.0 Å². The molecule has 8 nitrogen and oxygen atoms in total. The minimum Gasteiger partial charge on any atom is -0.479 e. The average molecular weight is 504 g/mol. The van der Waals surface area contributed by atoms with Gasteiger partial charge in [-0.05, 0) is 61.6 Å². The van der Waals surface area contributed by atoms with E-state index in [0.29, 0.717) is 12.1 Å². The lowest BCUT2D eigenvalue weighted by Gasteiger charge is -2.55. The second-order valence-corrected chi connectivity index (χ2v) is 9.15. The van der Waals surface area contributed by atoms with Gasteiger partial charge in [-0.25, -0.2) is 9.59 Å². The van der Waals surface area contributed by atoms with Gasteiger partial charge >= 0.3 is 18.4 Å². The summed E-state index contributed by atoms with van der Waals surface area (Å²) in [5.74, 6) is -2.11. The van der Waals surface area contributed by atoms with Crippen molar-refractivity contribution < 1.29 is 42.1 Å². The fourth-order valence-electron chi connectivity index (χ4n) is 5.16. The van der Waals surface area contributed by atoms with Crippen molar-refractivity contribution in [2.45, 2.75) is 50.2 Å². The van der Waals surface area contributed by atoms with E-state index in [-0.39, 0.29) is 35.5 Å². The molecule has 2 aromatic rings. The summed E-state index contributed by atoms with van der Waals surface area (Å²) in [4.78, 5) is 40.8. The lowest BCUT2D eigenvalue weighted by molar-refractivity contribution is -0.274. The standard InChI is InChI=1S/C25H23F3N2O6/c26-25(27,28)36-16-9-5-14(6-10-16)23(33)30-19-4-2-1-3-17(19)22(18-11-12-20(18)30)29(15-7-8-15)24(34)35-13-21(31)32/h1-6,9-10,15,18,20,22H,7-8,11-13H2,(H,31,32)/t18-,20+,22+/m1/s1. The number of ether oxygens (including phenoxy) is 2. The van der Waals surface area contributed by atoms with Crippen LogP contribution in [-0.4, -0.2) is 53.0 Å². The molecule has 2 aliphatic carbocycles. The monoisotopic (exact) mass is 504 g/mol. The van der Waals surface area contributed by atoms with Gasteiger partial charge < -0.3 is 19.5 Å². The normalized spacial score (nSPS) is 22.5. The van der Waals surface area contributed by atoms with Crippen LogP contribution in [-0.2, 0) is 9.53 Å². The highest BCUT2D eigenvalue weighted by molar-refractivity contribution is 6.07. The van der Waals surface area contributed by atoms with Gasteiger partial charge in [-0.2, -0.15) is 0 Å². The summed E-state index contributed by atoms with van der Waals surface area (Å²) in [6.45, 7) is -0.733. The summed E-state index contributed by atoms with van der Waals surface area (Å²) >= 11 is 0. The number of carboxylic acid groups (broad SMARTS) is 1. The van der Waals surface area contributed by atoms with E-state index in [1.54, 1.807) is 21.9 Å². The fraction of sp³-hybridized carbons (Fsp3) is 0.400. The van der Waals surface area contributed by atoms with E-state index in [4.69, 9.17) is 9.84 Å². The van der Waals surface area contributed by atoms with Gasteiger partial charge in [-0.1, -0.05) is 18.2 Å². The maximum atomic E-state index is 13.6. The number of amides is 2. The van der Waals surface area contributed by atoms with Crippen molar-refractivity contribution in [2.24, 2.45) is 5.92 Å². The number of para-hydroxylation sites is 1. The molecule has 3 aliphatic rings. The lowest BCUT2D eigenvalue weighted by atomic mass is 9.68. The van der Waals surface area contributed by atoms with Gasteiger partial charge in [-0.3, -0.25) is 9.69 Å². The van der Waals surface area contributed by atoms with Crippen LogP contribution < -0.4 is 9.64 Å². The van der Waals surface area contributed by atoms with Crippen molar-refractivity contribution in [3.63, 3.8) is 0 Å². The number of fused-ring (bicyclic) bond motifs is 2. The molecule has 1 heterocycles. The molecule has 0 aromatic heterocycles. The van der Waals surface area contributed by atoms with Crippen LogP contribution >= 0.6 is 0 Å². The third-order valence-electron chi connectivity index (χ3n) is 6.87. The quantitative estimate of drug-likeness (QED) is 0.610. The van der Waals surface area contributed by atoms with E-state index >= 15 is 0 Å². The van der Waals surface area contributed by atoms with Crippen molar-refractivity contribution in [3.8, 4) is 5.75 Å². The van der Waals surface area contributed by atoms with Crippen LogP contribution in [0.2, 0.25) is 0 Å². The molecular formula is C25H23F3N2O6. The fourth-order valence-corrected chi connectivity index (χ4v) is 5.16. The molecular weight excluding hydrogens is 481 g/mol.